The van der Waals surface area contributed by atoms with Crippen molar-refractivity contribution < 1.29 is 10.2 Å². The zero-order chi connectivity index (χ0) is 13.1. The molecule has 0 aliphatic rings. The predicted octanol–water partition coefficient (Wildman–Crippen LogP) is 2.40. The van der Waals surface area contributed by atoms with Crippen LogP contribution in [0.15, 0.2) is 24.4 Å². The number of aromatic nitrogens is 2. The van der Waals surface area contributed by atoms with Gasteiger partial charge in [-0.25, -0.2) is 4.98 Å². The standard InChI is InChI=1S/C12H12Cl2N2O2/c13-8-4-5-11-15-12(14)10(16(11)6-8)3-1-2-9(18)7-17/h1,3-6,9,17-18H,2,7H2/b3-1+. The average Bonchev–Trinajstić information content (AvgIpc) is 2.65. The lowest BCUT2D eigenvalue weighted by Crippen LogP contribution is -2.09. The number of rotatable bonds is 4. The smallest absolute Gasteiger partial charge is 0.155 e. The molecular weight excluding hydrogens is 275 g/mol. The van der Waals surface area contributed by atoms with Gasteiger partial charge in [0.2, 0.25) is 0 Å². The van der Waals surface area contributed by atoms with Gasteiger partial charge in [0.15, 0.2) is 5.15 Å². The molecule has 0 saturated carbocycles. The highest BCUT2D eigenvalue weighted by molar-refractivity contribution is 6.31. The van der Waals surface area contributed by atoms with E-state index in [1.54, 1.807) is 34.9 Å². The Hall–Kier alpha value is -1.07. The average molecular weight is 287 g/mol. The summed E-state index contributed by atoms with van der Waals surface area (Å²) in [6, 6.07) is 3.51. The van der Waals surface area contributed by atoms with Gasteiger partial charge in [0, 0.05) is 6.20 Å². The second kappa shape index (κ2) is 5.71. The van der Waals surface area contributed by atoms with Crippen molar-refractivity contribution in [2.75, 3.05) is 6.61 Å². The highest BCUT2D eigenvalue weighted by atomic mass is 35.5. The highest BCUT2D eigenvalue weighted by Gasteiger charge is 2.08. The second-order valence-electron chi connectivity index (χ2n) is 3.84. The Labute approximate surface area is 114 Å². The normalized spacial score (nSPS) is 13.6. The quantitative estimate of drug-likeness (QED) is 0.907. The Bertz CT molecular complexity index is 581. The van der Waals surface area contributed by atoms with Crippen molar-refractivity contribution in [3.63, 3.8) is 0 Å². The van der Waals surface area contributed by atoms with Gasteiger partial charge in [0.05, 0.1) is 23.4 Å². The van der Waals surface area contributed by atoms with Crippen LogP contribution in [0.3, 0.4) is 0 Å². The fourth-order valence-electron chi connectivity index (χ4n) is 1.57. The predicted molar refractivity (Wildman–Crippen MR) is 72.0 cm³/mol. The third kappa shape index (κ3) is 2.84. The number of fused-ring (bicyclic) bond motifs is 1. The van der Waals surface area contributed by atoms with Gasteiger partial charge in [-0.2, -0.15) is 0 Å². The molecule has 2 heterocycles. The lowest BCUT2D eigenvalue weighted by Gasteiger charge is -2.01. The molecule has 2 aromatic heterocycles. The number of aliphatic hydroxyl groups excluding tert-OH is 2. The fourth-order valence-corrected chi connectivity index (χ4v) is 1.97. The van der Waals surface area contributed by atoms with Crippen LogP contribution in [0.2, 0.25) is 10.2 Å². The Morgan fingerprint density at radius 2 is 2.17 bits per heavy atom. The number of halogens is 2. The summed E-state index contributed by atoms with van der Waals surface area (Å²) in [4.78, 5) is 4.18. The molecule has 4 nitrogen and oxygen atoms in total. The molecule has 2 N–H and O–H groups in total. The minimum atomic E-state index is -0.761. The first-order chi connectivity index (χ1) is 8.61. The minimum Gasteiger partial charge on any atom is -0.394 e. The Morgan fingerprint density at radius 3 is 2.89 bits per heavy atom. The van der Waals surface area contributed by atoms with Gasteiger partial charge >= 0.3 is 0 Å². The third-order valence-electron chi connectivity index (χ3n) is 2.47. The summed E-state index contributed by atoms with van der Waals surface area (Å²) in [7, 11) is 0. The molecule has 2 aromatic rings. The maximum absolute atomic E-state index is 9.24. The van der Waals surface area contributed by atoms with Crippen LogP contribution in [0.5, 0.6) is 0 Å². The van der Waals surface area contributed by atoms with E-state index < -0.39 is 6.10 Å². The summed E-state index contributed by atoms with van der Waals surface area (Å²) >= 11 is 11.9. The molecule has 18 heavy (non-hydrogen) atoms. The number of pyridine rings is 1. The summed E-state index contributed by atoms with van der Waals surface area (Å²) in [5.74, 6) is 0. The van der Waals surface area contributed by atoms with Crippen LogP contribution in [-0.4, -0.2) is 32.3 Å². The van der Waals surface area contributed by atoms with Gasteiger partial charge in [-0.05, 0) is 24.6 Å². The lowest BCUT2D eigenvalue weighted by atomic mass is 10.2. The van der Waals surface area contributed by atoms with E-state index >= 15 is 0 Å². The van der Waals surface area contributed by atoms with Crippen LogP contribution in [0.25, 0.3) is 11.7 Å². The van der Waals surface area contributed by atoms with Crippen molar-refractivity contribution >= 4 is 34.9 Å². The first-order valence-corrected chi connectivity index (χ1v) is 6.16. The molecule has 0 amide bonds. The van der Waals surface area contributed by atoms with Gasteiger partial charge in [0.1, 0.15) is 5.65 Å². The van der Waals surface area contributed by atoms with Gasteiger partial charge in [-0.15, -0.1) is 0 Å². The molecule has 0 radical (unpaired) electrons. The molecular formula is C12H12Cl2N2O2. The number of nitrogens with zero attached hydrogens (tertiary/aromatic N) is 2. The van der Waals surface area contributed by atoms with Crippen LogP contribution >= 0.6 is 23.2 Å². The van der Waals surface area contributed by atoms with Gasteiger partial charge < -0.3 is 10.2 Å². The number of imidazole rings is 1. The van der Waals surface area contributed by atoms with Crippen molar-refractivity contribution in [1.82, 2.24) is 9.38 Å². The topological polar surface area (TPSA) is 57.8 Å². The lowest BCUT2D eigenvalue weighted by molar-refractivity contribution is 0.0977. The van der Waals surface area contributed by atoms with Gasteiger partial charge in [0.25, 0.3) is 0 Å². The molecule has 0 saturated heterocycles. The van der Waals surface area contributed by atoms with E-state index in [2.05, 4.69) is 4.98 Å². The van der Waals surface area contributed by atoms with Crippen LogP contribution in [-0.2, 0) is 0 Å². The molecule has 1 atom stereocenters. The minimum absolute atomic E-state index is 0.267. The van der Waals surface area contributed by atoms with Gasteiger partial charge in [-0.3, -0.25) is 4.40 Å². The first kappa shape index (κ1) is 13.4. The monoisotopic (exact) mass is 286 g/mol. The van der Waals surface area contributed by atoms with Crippen molar-refractivity contribution in [2.45, 2.75) is 12.5 Å². The summed E-state index contributed by atoms with van der Waals surface area (Å²) in [6.07, 6.45) is 4.79. The van der Waals surface area contributed by atoms with E-state index in [0.29, 0.717) is 27.9 Å². The highest BCUT2D eigenvalue weighted by Crippen LogP contribution is 2.21. The van der Waals surface area contributed by atoms with Crippen molar-refractivity contribution in [3.8, 4) is 0 Å². The van der Waals surface area contributed by atoms with Crippen molar-refractivity contribution in [1.29, 1.82) is 0 Å². The fraction of sp³-hybridized carbons (Fsp3) is 0.250. The first-order valence-electron chi connectivity index (χ1n) is 5.40. The molecule has 96 valence electrons. The summed E-state index contributed by atoms with van der Waals surface area (Å²) in [6.45, 7) is -0.267. The Balaban J connectivity index is 2.32. The maximum Gasteiger partial charge on any atom is 0.155 e. The molecule has 2 rings (SSSR count). The largest absolute Gasteiger partial charge is 0.394 e. The maximum atomic E-state index is 9.24. The molecule has 0 aromatic carbocycles. The Kier molecular flexibility index (Phi) is 4.24. The van der Waals surface area contributed by atoms with Crippen LogP contribution in [0.1, 0.15) is 12.1 Å². The number of hydrogen-bond donors (Lipinski definition) is 2. The van der Waals surface area contributed by atoms with Crippen molar-refractivity contribution in [3.05, 3.63) is 40.3 Å². The number of hydrogen-bond acceptors (Lipinski definition) is 3. The van der Waals surface area contributed by atoms with E-state index in [1.807, 2.05) is 0 Å². The van der Waals surface area contributed by atoms with Crippen molar-refractivity contribution in [2.24, 2.45) is 0 Å². The molecule has 0 aliphatic heterocycles. The molecule has 6 heteroatoms. The van der Waals surface area contributed by atoms with E-state index in [0.717, 1.165) is 0 Å². The third-order valence-corrected chi connectivity index (χ3v) is 2.97. The van der Waals surface area contributed by atoms with E-state index in [1.165, 1.54) is 0 Å². The molecule has 1 unspecified atom stereocenters. The van der Waals surface area contributed by atoms with Crippen LogP contribution < -0.4 is 0 Å². The van der Waals surface area contributed by atoms with Crippen LogP contribution in [0.4, 0.5) is 0 Å². The van der Waals surface area contributed by atoms with E-state index in [4.69, 9.17) is 28.3 Å². The van der Waals surface area contributed by atoms with Gasteiger partial charge in [-0.1, -0.05) is 29.3 Å². The summed E-state index contributed by atoms with van der Waals surface area (Å²) < 4.78 is 1.77. The van der Waals surface area contributed by atoms with E-state index in [-0.39, 0.29) is 6.61 Å². The van der Waals surface area contributed by atoms with E-state index in [9.17, 15) is 5.11 Å². The zero-order valence-corrected chi connectivity index (χ0v) is 10.9. The molecule has 0 bridgehead atoms. The summed E-state index contributed by atoms with van der Waals surface area (Å²) in [5.41, 5.74) is 1.39. The molecule has 0 fully saturated rings. The summed E-state index contributed by atoms with van der Waals surface area (Å²) in [5, 5.41) is 18.9. The van der Waals surface area contributed by atoms with Crippen LogP contribution in [0, 0.1) is 0 Å². The number of aliphatic hydroxyl groups is 2. The Morgan fingerprint density at radius 1 is 1.39 bits per heavy atom. The second-order valence-corrected chi connectivity index (χ2v) is 4.63. The molecule has 0 spiro atoms. The SMILES string of the molecule is OCC(O)C/C=C/c1c(Cl)nc2ccc(Cl)cn12. The zero-order valence-electron chi connectivity index (χ0n) is 9.42. The molecule has 0 aliphatic carbocycles.